The van der Waals surface area contributed by atoms with Crippen LogP contribution >= 0.6 is 0 Å². The highest BCUT2D eigenvalue weighted by molar-refractivity contribution is 5.01. The molecule has 0 heterocycles. The lowest BCUT2D eigenvalue weighted by molar-refractivity contribution is -0.0167. The smallest absolute Gasteiger partial charge is 0.00959 e. The molecule has 0 aliphatic heterocycles. The van der Waals surface area contributed by atoms with Crippen LogP contribution in [-0.2, 0) is 0 Å². The van der Waals surface area contributed by atoms with Gasteiger partial charge in [0.2, 0.25) is 0 Å². The van der Waals surface area contributed by atoms with E-state index in [9.17, 15) is 0 Å². The summed E-state index contributed by atoms with van der Waals surface area (Å²) in [5, 5.41) is 0. The second-order valence-corrected chi connectivity index (χ2v) is 5.37. The first kappa shape index (κ1) is 10.0. The van der Waals surface area contributed by atoms with Crippen LogP contribution in [0, 0.1) is 23.2 Å². The summed E-state index contributed by atoms with van der Waals surface area (Å²) in [5.41, 5.74) is 6.36. The molecule has 1 fully saturated rings. The molecule has 0 radical (unpaired) electrons. The van der Waals surface area contributed by atoms with Gasteiger partial charge in [0, 0.05) is 6.04 Å². The largest absolute Gasteiger partial charge is 0.327 e. The molecule has 0 aromatic heterocycles. The Hall–Kier alpha value is -0.0400. The normalized spacial score (nSPS) is 36.2. The van der Waals surface area contributed by atoms with E-state index >= 15 is 0 Å². The van der Waals surface area contributed by atoms with Crippen LogP contribution < -0.4 is 5.73 Å². The molecule has 0 spiro atoms. The molecular weight excluding hydrogens is 146 g/mol. The van der Waals surface area contributed by atoms with E-state index in [1.165, 1.54) is 6.42 Å². The molecule has 0 aromatic carbocycles. The van der Waals surface area contributed by atoms with Crippen molar-refractivity contribution >= 4 is 0 Å². The fraction of sp³-hybridized carbons (Fsp3) is 1.00. The van der Waals surface area contributed by atoms with Gasteiger partial charge in [-0.25, -0.2) is 0 Å². The lowest BCUT2D eigenvalue weighted by Gasteiger charge is -2.54. The molecule has 3 atom stereocenters. The summed E-state index contributed by atoms with van der Waals surface area (Å²) in [6, 6.07) is 0.434. The van der Waals surface area contributed by atoms with E-state index in [0.717, 1.165) is 17.8 Å². The Morgan fingerprint density at radius 2 is 1.75 bits per heavy atom. The molecule has 1 aliphatic carbocycles. The summed E-state index contributed by atoms with van der Waals surface area (Å²) in [7, 11) is 0. The summed E-state index contributed by atoms with van der Waals surface area (Å²) >= 11 is 0. The van der Waals surface area contributed by atoms with Crippen LogP contribution in [0.4, 0.5) is 0 Å². The van der Waals surface area contributed by atoms with Gasteiger partial charge in [0.25, 0.3) is 0 Å². The van der Waals surface area contributed by atoms with Crippen molar-refractivity contribution in [2.24, 2.45) is 28.9 Å². The van der Waals surface area contributed by atoms with E-state index in [1.807, 2.05) is 0 Å². The molecule has 0 bridgehead atoms. The number of hydrogen-bond acceptors (Lipinski definition) is 1. The van der Waals surface area contributed by atoms with Gasteiger partial charge in [0.15, 0.2) is 0 Å². The van der Waals surface area contributed by atoms with Gasteiger partial charge >= 0.3 is 0 Å². The molecule has 12 heavy (non-hydrogen) atoms. The van der Waals surface area contributed by atoms with Crippen molar-refractivity contribution in [3.63, 3.8) is 0 Å². The maximum Gasteiger partial charge on any atom is 0.00959 e. The predicted molar refractivity (Wildman–Crippen MR) is 53.9 cm³/mol. The summed E-state index contributed by atoms with van der Waals surface area (Å²) in [6.45, 7) is 11.6. The molecule has 0 amide bonds. The minimum absolute atomic E-state index is 0.379. The lowest BCUT2D eigenvalue weighted by atomic mass is 9.53. The summed E-state index contributed by atoms with van der Waals surface area (Å²) < 4.78 is 0. The maximum absolute atomic E-state index is 5.98. The zero-order valence-corrected chi connectivity index (χ0v) is 9.09. The molecule has 3 unspecified atom stereocenters. The topological polar surface area (TPSA) is 26.0 Å². The highest BCUT2D eigenvalue weighted by Gasteiger charge is 2.48. The van der Waals surface area contributed by atoms with Crippen LogP contribution in [0.3, 0.4) is 0 Å². The Kier molecular flexibility index (Phi) is 2.53. The summed E-state index contributed by atoms with van der Waals surface area (Å²) in [4.78, 5) is 0. The molecule has 72 valence electrons. The first-order chi connectivity index (χ1) is 5.37. The van der Waals surface area contributed by atoms with Crippen molar-refractivity contribution in [3.8, 4) is 0 Å². The highest BCUT2D eigenvalue weighted by Crippen LogP contribution is 2.50. The van der Waals surface area contributed by atoms with E-state index in [1.54, 1.807) is 0 Å². The Balaban J connectivity index is 2.57. The predicted octanol–water partition coefficient (Wildman–Crippen LogP) is 2.65. The molecular formula is C11H23N. The highest BCUT2D eigenvalue weighted by atomic mass is 14.8. The van der Waals surface area contributed by atoms with Crippen molar-refractivity contribution in [1.29, 1.82) is 0 Å². The third kappa shape index (κ3) is 1.39. The number of hydrogen-bond donors (Lipinski definition) is 1. The molecule has 1 heteroatoms. The van der Waals surface area contributed by atoms with Crippen LogP contribution in [0.5, 0.6) is 0 Å². The first-order valence-electron chi connectivity index (χ1n) is 5.13. The van der Waals surface area contributed by atoms with Gasteiger partial charge in [-0.15, -0.1) is 0 Å². The molecule has 1 saturated carbocycles. The summed E-state index contributed by atoms with van der Waals surface area (Å²) in [6.07, 6.45) is 1.23. The zero-order chi connectivity index (χ0) is 9.52. The van der Waals surface area contributed by atoms with Crippen molar-refractivity contribution in [2.45, 2.75) is 47.1 Å². The fourth-order valence-corrected chi connectivity index (χ4v) is 2.35. The first-order valence-corrected chi connectivity index (χ1v) is 5.13. The number of rotatable bonds is 2. The van der Waals surface area contributed by atoms with Gasteiger partial charge in [-0.1, -0.05) is 34.6 Å². The van der Waals surface area contributed by atoms with Gasteiger partial charge in [0.05, 0.1) is 0 Å². The fourth-order valence-electron chi connectivity index (χ4n) is 2.35. The quantitative estimate of drug-likeness (QED) is 0.675. The van der Waals surface area contributed by atoms with E-state index in [2.05, 4.69) is 34.6 Å². The van der Waals surface area contributed by atoms with Crippen LogP contribution in [0.15, 0.2) is 0 Å². The van der Waals surface area contributed by atoms with Gasteiger partial charge in [-0.3, -0.25) is 0 Å². The van der Waals surface area contributed by atoms with Gasteiger partial charge in [-0.05, 0) is 29.6 Å². The van der Waals surface area contributed by atoms with Gasteiger partial charge in [-0.2, -0.15) is 0 Å². The standard InChI is InChI=1S/C11H23N/c1-7(2)8(3)9-6-10(12)11(9,4)5/h7-10H,6,12H2,1-5H3. The Bertz CT molecular complexity index is 160. The van der Waals surface area contributed by atoms with Crippen molar-refractivity contribution in [2.75, 3.05) is 0 Å². The third-order valence-corrected chi connectivity index (χ3v) is 4.11. The van der Waals surface area contributed by atoms with Crippen molar-refractivity contribution in [3.05, 3.63) is 0 Å². The van der Waals surface area contributed by atoms with Crippen molar-refractivity contribution in [1.82, 2.24) is 0 Å². The summed E-state index contributed by atoms with van der Waals surface area (Å²) in [5.74, 6) is 2.45. The average Bonchev–Trinajstić information content (AvgIpc) is 1.98. The molecule has 2 N–H and O–H groups in total. The molecule has 0 saturated heterocycles. The lowest BCUT2D eigenvalue weighted by Crippen LogP contribution is -2.57. The maximum atomic E-state index is 5.98. The third-order valence-electron chi connectivity index (χ3n) is 4.11. The van der Waals surface area contributed by atoms with Crippen LogP contribution in [0.25, 0.3) is 0 Å². The Morgan fingerprint density at radius 1 is 1.25 bits per heavy atom. The van der Waals surface area contributed by atoms with Crippen LogP contribution in [0.2, 0.25) is 0 Å². The molecule has 1 aliphatic rings. The van der Waals surface area contributed by atoms with E-state index in [-0.39, 0.29) is 0 Å². The molecule has 1 nitrogen and oxygen atoms in total. The van der Waals surface area contributed by atoms with Crippen LogP contribution in [0.1, 0.15) is 41.0 Å². The van der Waals surface area contributed by atoms with Crippen molar-refractivity contribution < 1.29 is 0 Å². The van der Waals surface area contributed by atoms with Gasteiger partial charge in [0.1, 0.15) is 0 Å². The Labute approximate surface area is 76.7 Å². The van der Waals surface area contributed by atoms with E-state index < -0.39 is 0 Å². The van der Waals surface area contributed by atoms with Crippen LogP contribution in [-0.4, -0.2) is 6.04 Å². The van der Waals surface area contributed by atoms with Gasteiger partial charge < -0.3 is 5.73 Å². The zero-order valence-electron chi connectivity index (χ0n) is 9.09. The minimum Gasteiger partial charge on any atom is -0.327 e. The van der Waals surface area contributed by atoms with E-state index in [4.69, 9.17) is 5.73 Å². The molecule has 1 rings (SSSR count). The monoisotopic (exact) mass is 169 g/mol. The van der Waals surface area contributed by atoms with E-state index in [0.29, 0.717) is 11.5 Å². The minimum atomic E-state index is 0.379. The second kappa shape index (κ2) is 3.02. The SMILES string of the molecule is CC(C)C(C)C1CC(N)C1(C)C. The number of nitrogens with two attached hydrogens (primary N) is 1. The Morgan fingerprint density at radius 3 is 2.00 bits per heavy atom. The average molecular weight is 169 g/mol. The second-order valence-electron chi connectivity index (χ2n) is 5.37. The molecule has 0 aromatic rings.